The van der Waals surface area contributed by atoms with Gasteiger partial charge in [0.25, 0.3) is 0 Å². The number of nitrogens with one attached hydrogen (secondary N) is 2. The van der Waals surface area contributed by atoms with Gasteiger partial charge in [-0.3, -0.25) is 4.99 Å². The van der Waals surface area contributed by atoms with Crippen molar-refractivity contribution >= 4 is 36.0 Å². The van der Waals surface area contributed by atoms with E-state index in [2.05, 4.69) is 24.5 Å². The third-order valence-corrected chi connectivity index (χ3v) is 5.14. The Bertz CT molecular complexity index is 431. The lowest BCUT2D eigenvalue weighted by atomic mass is 9.89. The van der Waals surface area contributed by atoms with Gasteiger partial charge in [0.1, 0.15) is 0 Å². The van der Waals surface area contributed by atoms with Gasteiger partial charge in [-0.1, -0.05) is 19.8 Å². The molecule has 2 rings (SSSR count). The second kappa shape index (κ2) is 11.1. The molecule has 2 aliphatic rings. The molecule has 2 fully saturated rings. The SMILES string of the molecule is CCNC(=NCC1(C)CCCC1)NC1CCN(C(=O)OCC)CC1.I. The van der Waals surface area contributed by atoms with Gasteiger partial charge in [0.05, 0.1) is 6.61 Å². The average Bonchev–Trinajstić information content (AvgIpc) is 3.01. The maximum Gasteiger partial charge on any atom is 0.409 e. The van der Waals surface area contributed by atoms with Gasteiger partial charge in [-0.2, -0.15) is 0 Å². The monoisotopic (exact) mass is 466 g/mol. The van der Waals surface area contributed by atoms with Crippen molar-refractivity contribution in [1.29, 1.82) is 0 Å². The molecule has 7 heteroatoms. The molecule has 0 aromatic rings. The smallest absolute Gasteiger partial charge is 0.409 e. The van der Waals surface area contributed by atoms with E-state index in [0.29, 0.717) is 18.1 Å². The summed E-state index contributed by atoms with van der Waals surface area (Å²) in [4.78, 5) is 18.4. The molecule has 1 saturated heterocycles. The molecule has 0 atom stereocenters. The largest absolute Gasteiger partial charge is 0.450 e. The summed E-state index contributed by atoms with van der Waals surface area (Å²) >= 11 is 0. The highest BCUT2D eigenvalue weighted by Gasteiger charge is 2.29. The number of nitrogens with zero attached hydrogens (tertiary/aromatic N) is 2. The van der Waals surface area contributed by atoms with Crippen LogP contribution in [0.5, 0.6) is 0 Å². The summed E-state index contributed by atoms with van der Waals surface area (Å²) in [7, 11) is 0. The van der Waals surface area contributed by atoms with E-state index in [9.17, 15) is 4.79 Å². The van der Waals surface area contributed by atoms with Crippen LogP contribution in [0.1, 0.15) is 59.3 Å². The van der Waals surface area contributed by atoms with Crippen molar-refractivity contribution in [1.82, 2.24) is 15.5 Å². The quantitative estimate of drug-likeness (QED) is 0.371. The Morgan fingerprint density at radius 2 is 1.88 bits per heavy atom. The van der Waals surface area contributed by atoms with Crippen LogP contribution in [0.15, 0.2) is 4.99 Å². The third-order valence-electron chi connectivity index (χ3n) is 5.14. The minimum atomic E-state index is -0.189. The number of amides is 1. The first-order chi connectivity index (χ1) is 11.6. The predicted molar refractivity (Wildman–Crippen MR) is 113 cm³/mol. The molecule has 1 saturated carbocycles. The van der Waals surface area contributed by atoms with Crippen LogP contribution >= 0.6 is 24.0 Å². The summed E-state index contributed by atoms with van der Waals surface area (Å²) in [6.07, 6.45) is 6.92. The van der Waals surface area contributed by atoms with E-state index in [0.717, 1.165) is 45.0 Å². The van der Waals surface area contributed by atoms with Crippen LogP contribution < -0.4 is 10.6 Å². The first-order valence-corrected chi connectivity index (χ1v) is 9.53. The second-order valence-corrected chi connectivity index (χ2v) is 7.32. The average molecular weight is 466 g/mol. The van der Waals surface area contributed by atoms with E-state index in [1.54, 1.807) is 4.90 Å². The lowest BCUT2D eigenvalue weighted by Crippen LogP contribution is -2.50. The summed E-state index contributed by atoms with van der Waals surface area (Å²) < 4.78 is 5.07. The van der Waals surface area contributed by atoms with Crippen molar-refractivity contribution in [2.24, 2.45) is 10.4 Å². The van der Waals surface area contributed by atoms with Crippen LogP contribution in [0.25, 0.3) is 0 Å². The van der Waals surface area contributed by atoms with Crippen molar-refractivity contribution in [2.75, 3.05) is 32.8 Å². The molecule has 0 radical (unpaired) electrons. The summed E-state index contributed by atoms with van der Waals surface area (Å²) in [6.45, 7) is 9.97. The fourth-order valence-electron chi connectivity index (χ4n) is 3.59. The van der Waals surface area contributed by atoms with Crippen molar-refractivity contribution in [3.05, 3.63) is 0 Å². The topological polar surface area (TPSA) is 66.0 Å². The molecule has 25 heavy (non-hydrogen) atoms. The molecule has 0 unspecified atom stereocenters. The van der Waals surface area contributed by atoms with E-state index in [1.165, 1.54) is 25.7 Å². The zero-order chi connectivity index (χ0) is 17.4. The molecule has 0 aromatic heterocycles. The first-order valence-electron chi connectivity index (χ1n) is 9.53. The summed E-state index contributed by atoms with van der Waals surface area (Å²) in [5.74, 6) is 0.917. The number of carbonyl (C=O) groups excluding carboxylic acids is 1. The Morgan fingerprint density at radius 3 is 2.44 bits per heavy atom. The van der Waals surface area contributed by atoms with Crippen LogP contribution in [-0.2, 0) is 4.74 Å². The number of halogens is 1. The van der Waals surface area contributed by atoms with Crippen molar-refractivity contribution in [3.8, 4) is 0 Å². The lowest BCUT2D eigenvalue weighted by Gasteiger charge is -2.32. The number of ether oxygens (including phenoxy) is 1. The number of guanidine groups is 1. The zero-order valence-electron chi connectivity index (χ0n) is 16.0. The van der Waals surface area contributed by atoms with Crippen LogP contribution in [0.4, 0.5) is 4.79 Å². The first kappa shape index (κ1) is 22.3. The van der Waals surface area contributed by atoms with Crippen LogP contribution in [-0.4, -0.2) is 55.8 Å². The summed E-state index contributed by atoms with van der Waals surface area (Å²) in [6, 6.07) is 0.366. The number of hydrogen-bond donors (Lipinski definition) is 2. The molecule has 1 aliphatic carbocycles. The fourth-order valence-corrected chi connectivity index (χ4v) is 3.59. The lowest BCUT2D eigenvalue weighted by molar-refractivity contribution is 0.0963. The Labute approximate surface area is 169 Å². The van der Waals surface area contributed by atoms with Gasteiger partial charge in [0.2, 0.25) is 0 Å². The maximum atomic E-state index is 11.8. The summed E-state index contributed by atoms with van der Waals surface area (Å²) in [5, 5.41) is 6.91. The van der Waals surface area contributed by atoms with Gasteiger partial charge in [0.15, 0.2) is 5.96 Å². The highest BCUT2D eigenvalue weighted by Crippen LogP contribution is 2.37. The van der Waals surface area contributed by atoms with Gasteiger partial charge < -0.3 is 20.3 Å². The second-order valence-electron chi connectivity index (χ2n) is 7.32. The van der Waals surface area contributed by atoms with Crippen molar-refractivity contribution in [2.45, 2.75) is 65.3 Å². The van der Waals surface area contributed by atoms with E-state index in [1.807, 2.05) is 6.92 Å². The van der Waals surface area contributed by atoms with Gasteiger partial charge in [-0.15, -0.1) is 24.0 Å². The van der Waals surface area contributed by atoms with Crippen LogP contribution in [0.2, 0.25) is 0 Å². The highest BCUT2D eigenvalue weighted by molar-refractivity contribution is 14.0. The van der Waals surface area contributed by atoms with Crippen LogP contribution in [0.3, 0.4) is 0 Å². The molecule has 0 aromatic carbocycles. The third kappa shape index (κ3) is 7.19. The molecule has 2 N–H and O–H groups in total. The molecule has 146 valence electrons. The highest BCUT2D eigenvalue weighted by atomic mass is 127. The number of piperidine rings is 1. The minimum absolute atomic E-state index is 0. The van der Waals surface area contributed by atoms with Crippen LogP contribution in [0, 0.1) is 5.41 Å². The van der Waals surface area contributed by atoms with Crippen molar-refractivity contribution < 1.29 is 9.53 Å². The Morgan fingerprint density at radius 1 is 1.24 bits per heavy atom. The molecule has 0 bridgehead atoms. The Balaban J connectivity index is 0.00000312. The Kier molecular flexibility index (Phi) is 9.89. The number of likely N-dealkylation sites (tertiary alicyclic amines) is 1. The van der Waals surface area contributed by atoms with Gasteiger partial charge in [-0.05, 0) is 44.9 Å². The number of aliphatic imine (C=N–C) groups is 1. The molecule has 6 nitrogen and oxygen atoms in total. The van der Waals surface area contributed by atoms with E-state index < -0.39 is 0 Å². The zero-order valence-corrected chi connectivity index (χ0v) is 18.3. The van der Waals surface area contributed by atoms with E-state index in [4.69, 9.17) is 9.73 Å². The number of hydrogen-bond acceptors (Lipinski definition) is 3. The number of carbonyl (C=O) groups is 1. The molecule has 1 heterocycles. The molecular formula is C18H35IN4O2. The normalized spacial score (nSPS) is 20.8. The van der Waals surface area contributed by atoms with Crippen molar-refractivity contribution in [3.63, 3.8) is 0 Å². The van der Waals surface area contributed by atoms with Gasteiger partial charge in [0, 0.05) is 32.2 Å². The molecule has 1 aliphatic heterocycles. The van der Waals surface area contributed by atoms with E-state index >= 15 is 0 Å². The standard InChI is InChI=1S/C18H34N4O2.HI/c1-4-19-16(20-14-18(3)10-6-7-11-18)21-15-8-12-22(13-9-15)17(23)24-5-2;/h15H,4-14H2,1-3H3,(H2,19,20,21);1H. The fraction of sp³-hybridized carbons (Fsp3) is 0.889. The molecule has 1 amide bonds. The number of rotatable bonds is 5. The predicted octanol–water partition coefficient (Wildman–Crippen LogP) is 3.36. The van der Waals surface area contributed by atoms with E-state index in [-0.39, 0.29) is 30.1 Å². The van der Waals surface area contributed by atoms with Gasteiger partial charge >= 0.3 is 6.09 Å². The Hall–Kier alpha value is -0.730. The summed E-state index contributed by atoms with van der Waals surface area (Å²) in [5.41, 5.74) is 0.371. The molecule has 0 spiro atoms. The van der Waals surface area contributed by atoms with Gasteiger partial charge in [-0.25, -0.2) is 4.79 Å². The maximum absolute atomic E-state index is 11.8. The minimum Gasteiger partial charge on any atom is -0.450 e. The molecular weight excluding hydrogens is 431 g/mol.